The number of nitrogens with one attached hydrogen (secondary N) is 1. The highest BCUT2D eigenvalue weighted by molar-refractivity contribution is 5.94. The SMILES string of the molecule is CCC(C)NC(=O)c1coc(CN(C(=O)c2ccc(C(F)(F)F)cc2)C(C)CC)n1. The molecular weight excluding hydrogens is 399 g/mol. The van der Waals surface area contributed by atoms with Crippen LogP contribution in [0.4, 0.5) is 13.2 Å². The molecule has 2 unspecified atom stereocenters. The molecule has 0 bridgehead atoms. The van der Waals surface area contributed by atoms with Crippen LogP contribution in [0.1, 0.15) is 72.8 Å². The highest BCUT2D eigenvalue weighted by atomic mass is 19.4. The van der Waals surface area contributed by atoms with Gasteiger partial charge in [-0.2, -0.15) is 13.2 Å². The molecule has 2 aromatic rings. The fourth-order valence-corrected chi connectivity index (χ4v) is 2.65. The molecule has 164 valence electrons. The Hall–Kier alpha value is -2.84. The van der Waals surface area contributed by atoms with Gasteiger partial charge in [0.2, 0.25) is 5.89 Å². The van der Waals surface area contributed by atoms with Crippen molar-refractivity contribution >= 4 is 11.8 Å². The van der Waals surface area contributed by atoms with Crippen LogP contribution in [0.2, 0.25) is 0 Å². The molecule has 0 aliphatic rings. The normalized spacial score (nSPS) is 13.6. The number of aromatic nitrogens is 1. The average molecular weight is 425 g/mol. The summed E-state index contributed by atoms with van der Waals surface area (Å²) < 4.78 is 43.7. The maximum atomic E-state index is 12.9. The third kappa shape index (κ3) is 5.84. The van der Waals surface area contributed by atoms with Gasteiger partial charge >= 0.3 is 6.18 Å². The summed E-state index contributed by atoms with van der Waals surface area (Å²) in [5.41, 5.74) is -0.584. The largest absolute Gasteiger partial charge is 0.446 e. The Kier molecular flexibility index (Phi) is 7.64. The smallest absolute Gasteiger partial charge is 0.416 e. The molecular formula is C21H26F3N3O3. The lowest BCUT2D eigenvalue weighted by Crippen LogP contribution is -2.38. The lowest BCUT2D eigenvalue weighted by Gasteiger charge is -2.27. The third-order valence-corrected chi connectivity index (χ3v) is 4.92. The van der Waals surface area contributed by atoms with E-state index in [1.54, 1.807) is 0 Å². The van der Waals surface area contributed by atoms with Crippen LogP contribution in [0.5, 0.6) is 0 Å². The summed E-state index contributed by atoms with van der Waals surface area (Å²) in [5.74, 6) is -0.643. The van der Waals surface area contributed by atoms with Crippen molar-refractivity contribution < 1.29 is 27.2 Å². The Bertz CT molecular complexity index is 862. The quantitative estimate of drug-likeness (QED) is 0.667. The van der Waals surface area contributed by atoms with Crippen molar-refractivity contribution in [2.45, 2.75) is 65.3 Å². The van der Waals surface area contributed by atoms with Gasteiger partial charge in [-0.3, -0.25) is 9.59 Å². The molecule has 0 saturated heterocycles. The van der Waals surface area contributed by atoms with Gasteiger partial charge in [0.15, 0.2) is 5.69 Å². The number of halogens is 3. The molecule has 0 saturated carbocycles. The highest BCUT2D eigenvalue weighted by Gasteiger charge is 2.31. The second kappa shape index (κ2) is 9.77. The van der Waals surface area contributed by atoms with E-state index in [0.717, 1.165) is 30.7 Å². The summed E-state index contributed by atoms with van der Waals surface area (Å²) >= 11 is 0. The fourth-order valence-electron chi connectivity index (χ4n) is 2.65. The van der Waals surface area contributed by atoms with Crippen LogP contribution in [0.25, 0.3) is 0 Å². The molecule has 9 heteroatoms. The summed E-state index contributed by atoms with van der Waals surface area (Å²) in [6.45, 7) is 7.51. The predicted molar refractivity (Wildman–Crippen MR) is 105 cm³/mol. The standard InChI is InChI=1S/C21H26F3N3O3/c1-5-13(3)25-19(28)17-12-30-18(26-17)11-27(14(4)6-2)20(29)15-7-9-16(10-8-15)21(22,23)24/h7-10,12-14H,5-6,11H2,1-4H3,(H,25,28). The Labute approximate surface area is 173 Å². The predicted octanol–water partition coefficient (Wildman–Crippen LogP) is 4.66. The monoisotopic (exact) mass is 425 g/mol. The van der Waals surface area contributed by atoms with Crippen LogP contribution >= 0.6 is 0 Å². The second-order valence-electron chi connectivity index (χ2n) is 7.17. The van der Waals surface area contributed by atoms with E-state index in [2.05, 4.69) is 10.3 Å². The van der Waals surface area contributed by atoms with Crippen LogP contribution < -0.4 is 5.32 Å². The van der Waals surface area contributed by atoms with Crippen molar-refractivity contribution in [2.75, 3.05) is 0 Å². The minimum Gasteiger partial charge on any atom is -0.446 e. The van der Waals surface area contributed by atoms with Gasteiger partial charge in [0.25, 0.3) is 11.8 Å². The number of hydrogen-bond acceptors (Lipinski definition) is 4. The van der Waals surface area contributed by atoms with E-state index in [1.165, 1.54) is 11.2 Å². The molecule has 2 atom stereocenters. The van der Waals surface area contributed by atoms with Gasteiger partial charge in [-0.15, -0.1) is 0 Å². The van der Waals surface area contributed by atoms with Gasteiger partial charge < -0.3 is 14.6 Å². The van der Waals surface area contributed by atoms with E-state index < -0.39 is 17.6 Å². The van der Waals surface area contributed by atoms with E-state index in [1.807, 2.05) is 27.7 Å². The molecule has 1 N–H and O–H groups in total. The molecule has 0 aliphatic heterocycles. The first-order chi connectivity index (χ1) is 14.1. The number of carbonyl (C=O) groups is 2. The van der Waals surface area contributed by atoms with Crippen molar-refractivity contribution in [3.05, 3.63) is 53.2 Å². The Morgan fingerprint density at radius 1 is 1.13 bits per heavy atom. The number of nitrogens with zero attached hydrogens (tertiary/aromatic N) is 2. The summed E-state index contributed by atoms with van der Waals surface area (Å²) in [6, 6.07) is 3.83. The first kappa shape index (κ1) is 23.4. The van der Waals surface area contributed by atoms with Crippen LogP contribution in [0.3, 0.4) is 0 Å². The lowest BCUT2D eigenvalue weighted by atomic mass is 10.1. The zero-order valence-corrected chi connectivity index (χ0v) is 17.4. The summed E-state index contributed by atoms with van der Waals surface area (Å²) in [6.07, 6.45) is -1.86. The van der Waals surface area contributed by atoms with Gasteiger partial charge in [0.05, 0.1) is 12.1 Å². The number of alkyl halides is 3. The molecule has 0 fully saturated rings. The summed E-state index contributed by atoms with van der Waals surface area (Å²) in [5, 5.41) is 2.78. The zero-order chi connectivity index (χ0) is 22.5. The van der Waals surface area contributed by atoms with E-state index in [9.17, 15) is 22.8 Å². The molecule has 6 nitrogen and oxygen atoms in total. The number of amides is 2. The molecule has 0 spiro atoms. The molecule has 2 amide bonds. The van der Waals surface area contributed by atoms with Crippen molar-refractivity contribution in [2.24, 2.45) is 0 Å². The molecule has 30 heavy (non-hydrogen) atoms. The van der Waals surface area contributed by atoms with Gasteiger partial charge in [-0.05, 0) is 51.0 Å². The van der Waals surface area contributed by atoms with E-state index in [0.29, 0.717) is 6.42 Å². The topological polar surface area (TPSA) is 75.4 Å². The highest BCUT2D eigenvalue weighted by Crippen LogP contribution is 2.29. The van der Waals surface area contributed by atoms with Gasteiger partial charge in [0, 0.05) is 17.6 Å². The van der Waals surface area contributed by atoms with Crippen molar-refractivity contribution in [3.8, 4) is 0 Å². The molecule has 1 aromatic carbocycles. The fraction of sp³-hybridized carbons (Fsp3) is 0.476. The van der Waals surface area contributed by atoms with Crippen molar-refractivity contribution in [1.29, 1.82) is 0 Å². The number of carbonyl (C=O) groups excluding carboxylic acids is 2. The maximum Gasteiger partial charge on any atom is 0.416 e. The molecule has 0 aliphatic carbocycles. The Morgan fingerprint density at radius 3 is 2.30 bits per heavy atom. The van der Waals surface area contributed by atoms with E-state index in [-0.39, 0.29) is 41.7 Å². The number of hydrogen-bond donors (Lipinski definition) is 1. The van der Waals surface area contributed by atoms with Crippen LogP contribution in [-0.2, 0) is 12.7 Å². The zero-order valence-electron chi connectivity index (χ0n) is 17.4. The van der Waals surface area contributed by atoms with Gasteiger partial charge in [0.1, 0.15) is 6.26 Å². The first-order valence-corrected chi connectivity index (χ1v) is 9.80. The first-order valence-electron chi connectivity index (χ1n) is 9.80. The molecule has 1 heterocycles. The molecule has 1 aromatic heterocycles. The van der Waals surface area contributed by atoms with Gasteiger partial charge in [-0.1, -0.05) is 13.8 Å². The van der Waals surface area contributed by atoms with Crippen LogP contribution in [0.15, 0.2) is 34.9 Å². The van der Waals surface area contributed by atoms with E-state index in [4.69, 9.17) is 4.42 Å². The molecule has 0 radical (unpaired) electrons. The third-order valence-electron chi connectivity index (χ3n) is 4.92. The Morgan fingerprint density at radius 2 is 1.77 bits per heavy atom. The van der Waals surface area contributed by atoms with Crippen LogP contribution in [-0.4, -0.2) is 33.8 Å². The minimum atomic E-state index is -4.47. The van der Waals surface area contributed by atoms with Crippen molar-refractivity contribution in [1.82, 2.24) is 15.2 Å². The summed E-state index contributed by atoms with van der Waals surface area (Å²) in [4.78, 5) is 30.7. The van der Waals surface area contributed by atoms with Gasteiger partial charge in [-0.25, -0.2) is 4.98 Å². The lowest BCUT2D eigenvalue weighted by molar-refractivity contribution is -0.137. The van der Waals surface area contributed by atoms with Crippen LogP contribution in [0, 0.1) is 0 Å². The number of oxazole rings is 1. The minimum absolute atomic E-state index is 0.00846. The summed E-state index contributed by atoms with van der Waals surface area (Å²) in [7, 11) is 0. The van der Waals surface area contributed by atoms with E-state index >= 15 is 0 Å². The van der Waals surface area contributed by atoms with Crippen molar-refractivity contribution in [3.63, 3.8) is 0 Å². The molecule has 2 rings (SSSR count). The average Bonchev–Trinajstić information content (AvgIpc) is 3.19. The maximum absolute atomic E-state index is 12.9. The number of benzene rings is 1. The Balaban J connectivity index is 2.19. The number of rotatable bonds is 8. The second-order valence-corrected chi connectivity index (χ2v) is 7.17.